The van der Waals surface area contributed by atoms with Crippen LogP contribution in [0.2, 0.25) is 0 Å². The molecule has 0 radical (unpaired) electrons. The number of aromatic nitrogens is 1. The van der Waals surface area contributed by atoms with E-state index in [1.165, 1.54) is 22.7 Å². The standard InChI is InChI=1S/C18H14BrN3O2S2/c19-12-3-1-2-11(8-12)13-9-25-18(20-13)22-17(24)14-6-7-15(26-14)21-16(23)10-4-5-10/h1-3,6-10H,4-5H2,(H,21,23)(H,20,22,24). The second kappa shape index (κ2) is 7.30. The minimum absolute atomic E-state index is 0.0393. The van der Waals surface area contributed by atoms with E-state index < -0.39 is 0 Å². The summed E-state index contributed by atoms with van der Waals surface area (Å²) in [6.45, 7) is 0. The third-order valence-corrected chi connectivity index (χ3v) is 6.12. The van der Waals surface area contributed by atoms with Gasteiger partial charge in [0.05, 0.1) is 15.6 Å². The van der Waals surface area contributed by atoms with Crippen LogP contribution in [0.3, 0.4) is 0 Å². The summed E-state index contributed by atoms with van der Waals surface area (Å²) in [6, 6.07) is 11.3. The lowest BCUT2D eigenvalue weighted by atomic mass is 10.2. The predicted octanol–water partition coefficient (Wildman–Crippen LogP) is 5.23. The number of benzene rings is 1. The minimum atomic E-state index is -0.225. The lowest BCUT2D eigenvalue weighted by Gasteiger charge is -2.00. The van der Waals surface area contributed by atoms with Crippen molar-refractivity contribution in [2.45, 2.75) is 12.8 Å². The molecule has 1 aromatic carbocycles. The van der Waals surface area contributed by atoms with Crippen molar-refractivity contribution in [3.05, 3.63) is 51.1 Å². The molecule has 1 aliphatic rings. The molecule has 26 heavy (non-hydrogen) atoms. The van der Waals surface area contributed by atoms with Gasteiger partial charge in [-0.1, -0.05) is 28.1 Å². The van der Waals surface area contributed by atoms with Crippen LogP contribution in [-0.2, 0) is 4.79 Å². The molecule has 2 aromatic heterocycles. The molecule has 2 heterocycles. The first-order chi connectivity index (χ1) is 12.6. The summed E-state index contributed by atoms with van der Waals surface area (Å²) >= 11 is 6.09. The highest BCUT2D eigenvalue weighted by molar-refractivity contribution is 9.10. The minimum Gasteiger partial charge on any atom is -0.317 e. The maximum atomic E-state index is 12.4. The summed E-state index contributed by atoms with van der Waals surface area (Å²) in [4.78, 5) is 29.2. The number of thiophene rings is 1. The molecule has 0 bridgehead atoms. The molecule has 1 fully saturated rings. The Morgan fingerprint density at radius 2 is 2.00 bits per heavy atom. The zero-order chi connectivity index (χ0) is 18.1. The van der Waals surface area contributed by atoms with E-state index in [-0.39, 0.29) is 17.7 Å². The number of rotatable bonds is 5. The predicted molar refractivity (Wildman–Crippen MR) is 109 cm³/mol. The Kier molecular flexibility index (Phi) is 4.88. The van der Waals surface area contributed by atoms with E-state index in [1.54, 1.807) is 12.1 Å². The zero-order valence-corrected chi connectivity index (χ0v) is 16.7. The Balaban J connectivity index is 1.42. The quantitative estimate of drug-likeness (QED) is 0.561. The van der Waals surface area contributed by atoms with Gasteiger partial charge in [-0.25, -0.2) is 4.98 Å². The molecule has 3 aromatic rings. The van der Waals surface area contributed by atoms with E-state index in [2.05, 4.69) is 31.5 Å². The average Bonchev–Trinajstić information content (AvgIpc) is 3.20. The Morgan fingerprint density at radius 3 is 2.77 bits per heavy atom. The molecule has 2 N–H and O–H groups in total. The van der Waals surface area contributed by atoms with E-state index in [9.17, 15) is 9.59 Å². The molecular formula is C18H14BrN3O2S2. The Labute approximate surface area is 166 Å². The van der Waals surface area contributed by atoms with Crippen LogP contribution in [0, 0.1) is 5.92 Å². The largest absolute Gasteiger partial charge is 0.317 e. The average molecular weight is 448 g/mol. The van der Waals surface area contributed by atoms with Gasteiger partial charge < -0.3 is 5.32 Å². The summed E-state index contributed by atoms with van der Waals surface area (Å²) in [7, 11) is 0. The molecule has 4 rings (SSSR count). The lowest BCUT2D eigenvalue weighted by molar-refractivity contribution is -0.117. The maximum absolute atomic E-state index is 12.4. The Morgan fingerprint density at radius 1 is 1.15 bits per heavy atom. The highest BCUT2D eigenvalue weighted by Gasteiger charge is 2.29. The number of carbonyl (C=O) groups is 2. The number of halogens is 1. The van der Waals surface area contributed by atoms with Crippen LogP contribution in [0.25, 0.3) is 11.3 Å². The van der Waals surface area contributed by atoms with Crippen LogP contribution < -0.4 is 10.6 Å². The highest BCUT2D eigenvalue weighted by atomic mass is 79.9. The molecular weight excluding hydrogens is 434 g/mol. The van der Waals surface area contributed by atoms with Crippen molar-refractivity contribution in [1.29, 1.82) is 0 Å². The summed E-state index contributed by atoms with van der Waals surface area (Å²) in [5.41, 5.74) is 1.80. The summed E-state index contributed by atoms with van der Waals surface area (Å²) in [5.74, 6) is -0.0457. The van der Waals surface area contributed by atoms with Crippen molar-refractivity contribution in [2.75, 3.05) is 10.6 Å². The van der Waals surface area contributed by atoms with Gasteiger partial charge in [-0.2, -0.15) is 0 Å². The van der Waals surface area contributed by atoms with Crippen LogP contribution in [0.4, 0.5) is 10.1 Å². The first-order valence-corrected chi connectivity index (χ1v) is 10.5. The second-order valence-electron chi connectivity index (χ2n) is 5.93. The van der Waals surface area contributed by atoms with E-state index in [1.807, 2.05) is 29.6 Å². The number of amides is 2. The fourth-order valence-electron chi connectivity index (χ4n) is 2.37. The summed E-state index contributed by atoms with van der Waals surface area (Å²) < 4.78 is 0.980. The molecule has 132 valence electrons. The molecule has 2 amide bonds. The van der Waals surface area contributed by atoms with Crippen molar-refractivity contribution < 1.29 is 9.59 Å². The summed E-state index contributed by atoms with van der Waals surface area (Å²) in [5, 5.41) is 8.82. The first kappa shape index (κ1) is 17.4. The van der Waals surface area contributed by atoms with Crippen molar-refractivity contribution in [3.8, 4) is 11.3 Å². The highest BCUT2D eigenvalue weighted by Crippen LogP contribution is 2.32. The van der Waals surface area contributed by atoms with Crippen LogP contribution in [-0.4, -0.2) is 16.8 Å². The van der Waals surface area contributed by atoms with Crippen molar-refractivity contribution in [2.24, 2.45) is 5.92 Å². The molecule has 5 nitrogen and oxygen atoms in total. The van der Waals surface area contributed by atoms with Crippen LogP contribution in [0.15, 0.2) is 46.3 Å². The van der Waals surface area contributed by atoms with Crippen LogP contribution in [0.1, 0.15) is 22.5 Å². The van der Waals surface area contributed by atoms with Gasteiger partial charge in [0.15, 0.2) is 5.13 Å². The normalized spacial score (nSPS) is 13.4. The topological polar surface area (TPSA) is 71.1 Å². The Hall–Kier alpha value is -2.03. The maximum Gasteiger partial charge on any atom is 0.267 e. The molecule has 0 atom stereocenters. The number of carbonyl (C=O) groups excluding carboxylic acids is 2. The van der Waals surface area contributed by atoms with Gasteiger partial charge in [0.1, 0.15) is 0 Å². The van der Waals surface area contributed by atoms with E-state index in [0.29, 0.717) is 15.0 Å². The number of thiazole rings is 1. The van der Waals surface area contributed by atoms with Gasteiger partial charge in [-0.3, -0.25) is 14.9 Å². The van der Waals surface area contributed by atoms with Crippen LogP contribution in [0.5, 0.6) is 0 Å². The third kappa shape index (κ3) is 4.03. The SMILES string of the molecule is O=C(Nc1nc(-c2cccc(Br)c2)cs1)c1ccc(NC(=O)C2CC2)s1. The fourth-order valence-corrected chi connectivity index (χ4v) is 4.28. The van der Waals surface area contributed by atoms with E-state index >= 15 is 0 Å². The number of nitrogens with zero attached hydrogens (tertiary/aromatic N) is 1. The van der Waals surface area contributed by atoms with Gasteiger partial charge in [0, 0.05) is 21.3 Å². The van der Waals surface area contributed by atoms with Crippen molar-refractivity contribution >= 4 is 60.6 Å². The number of hydrogen-bond acceptors (Lipinski definition) is 5. The van der Waals surface area contributed by atoms with Gasteiger partial charge in [0.25, 0.3) is 5.91 Å². The van der Waals surface area contributed by atoms with Gasteiger partial charge in [-0.05, 0) is 37.1 Å². The van der Waals surface area contributed by atoms with Gasteiger partial charge in [0.2, 0.25) is 5.91 Å². The molecule has 0 spiro atoms. The first-order valence-electron chi connectivity index (χ1n) is 8.02. The molecule has 0 aliphatic heterocycles. The van der Waals surface area contributed by atoms with E-state index in [4.69, 9.17) is 0 Å². The smallest absolute Gasteiger partial charge is 0.267 e. The fraction of sp³-hybridized carbons (Fsp3) is 0.167. The number of nitrogens with one attached hydrogen (secondary N) is 2. The van der Waals surface area contributed by atoms with Crippen LogP contribution >= 0.6 is 38.6 Å². The summed E-state index contributed by atoms with van der Waals surface area (Å²) in [6.07, 6.45) is 1.91. The van der Waals surface area contributed by atoms with Gasteiger partial charge in [-0.15, -0.1) is 22.7 Å². The number of anilines is 2. The lowest BCUT2D eigenvalue weighted by Crippen LogP contribution is -2.12. The van der Waals surface area contributed by atoms with Crippen molar-refractivity contribution in [1.82, 2.24) is 4.98 Å². The zero-order valence-electron chi connectivity index (χ0n) is 13.5. The Bertz CT molecular complexity index is 978. The van der Waals surface area contributed by atoms with Crippen molar-refractivity contribution in [3.63, 3.8) is 0 Å². The molecule has 1 saturated carbocycles. The monoisotopic (exact) mass is 447 g/mol. The molecule has 0 saturated heterocycles. The van der Waals surface area contributed by atoms with E-state index in [0.717, 1.165) is 28.6 Å². The third-order valence-electron chi connectivity index (χ3n) is 3.87. The van der Waals surface area contributed by atoms with Gasteiger partial charge >= 0.3 is 0 Å². The number of hydrogen-bond donors (Lipinski definition) is 2. The second-order valence-corrected chi connectivity index (χ2v) is 8.79. The molecule has 1 aliphatic carbocycles. The molecule has 0 unspecified atom stereocenters. The molecule has 8 heteroatoms.